The Labute approximate surface area is 115 Å². The van der Waals surface area contributed by atoms with Crippen LogP contribution in [0.1, 0.15) is 9.78 Å². The molecule has 0 rings (SSSR count). The van der Waals surface area contributed by atoms with Gasteiger partial charge >= 0.3 is 75.7 Å². The van der Waals surface area contributed by atoms with Crippen molar-refractivity contribution in [1.82, 2.24) is 0 Å². The van der Waals surface area contributed by atoms with Gasteiger partial charge in [0.05, 0.1) is 0 Å². The SMILES string of the molecule is CC[P+](=O)O.OP(O)O.[H-].[H-].[Na+].[Na+]. The van der Waals surface area contributed by atoms with Crippen molar-refractivity contribution in [3.63, 3.8) is 0 Å². The van der Waals surface area contributed by atoms with Crippen molar-refractivity contribution in [2.45, 2.75) is 6.92 Å². The second-order valence-electron chi connectivity index (χ2n) is 0.937. The predicted octanol–water partition coefficient (Wildman–Crippen LogP) is -5.84. The average molecular weight is 223 g/mol. The first kappa shape index (κ1) is 23.3. The molecule has 0 aromatic rings. The zero-order valence-electron chi connectivity index (χ0n) is 8.80. The second-order valence-corrected chi connectivity index (χ2v) is 2.81. The van der Waals surface area contributed by atoms with Gasteiger partial charge in [-0.2, -0.15) is 4.89 Å². The van der Waals surface area contributed by atoms with Crippen LogP contribution in [0.2, 0.25) is 0 Å². The number of hydrogen-bond acceptors (Lipinski definition) is 4. The fourth-order valence-electron chi connectivity index (χ4n) is 0. The van der Waals surface area contributed by atoms with Crippen molar-refractivity contribution in [2.75, 3.05) is 6.16 Å². The molecule has 11 heavy (non-hydrogen) atoms. The Morgan fingerprint density at radius 1 is 1.36 bits per heavy atom. The molecule has 0 aliphatic heterocycles. The van der Waals surface area contributed by atoms with Crippen molar-refractivity contribution in [3.8, 4) is 0 Å². The standard InChI is InChI=1S/C2H5O2P.2Na.H3O3P.2H/c1-2-5(3)4;;;1-4(2)3;;/h2H2,1H3;;;1-3H;;/q;2*+1;;2*-1/p+1. The summed E-state index contributed by atoms with van der Waals surface area (Å²) < 4.78 is 9.52. The van der Waals surface area contributed by atoms with E-state index in [1.165, 1.54) is 0 Å². The largest absolute Gasteiger partial charge is 1.00 e. The summed E-state index contributed by atoms with van der Waals surface area (Å²) in [6.07, 6.45) is 0.370. The molecule has 0 spiro atoms. The van der Waals surface area contributed by atoms with E-state index >= 15 is 0 Å². The molecule has 0 aliphatic rings. The van der Waals surface area contributed by atoms with Gasteiger partial charge in [-0.1, -0.05) is 0 Å². The molecule has 5 nitrogen and oxygen atoms in total. The Kier molecular flexibility index (Phi) is 38.6. The minimum atomic E-state index is -2.62. The van der Waals surface area contributed by atoms with Crippen LogP contribution in [0.4, 0.5) is 0 Å². The Hall–Kier alpha value is 2.37. The minimum absolute atomic E-state index is 0. The van der Waals surface area contributed by atoms with E-state index in [4.69, 9.17) is 19.6 Å². The van der Waals surface area contributed by atoms with E-state index in [0.29, 0.717) is 6.16 Å². The molecule has 60 valence electrons. The third kappa shape index (κ3) is 69.7. The van der Waals surface area contributed by atoms with E-state index in [0.717, 1.165) is 0 Å². The van der Waals surface area contributed by atoms with Gasteiger partial charge in [0.2, 0.25) is 0 Å². The van der Waals surface area contributed by atoms with Crippen LogP contribution in [-0.2, 0) is 4.57 Å². The van der Waals surface area contributed by atoms with Gasteiger partial charge in [-0.3, -0.25) is 0 Å². The van der Waals surface area contributed by atoms with Crippen LogP contribution in [-0.4, -0.2) is 25.7 Å². The molecular weight excluding hydrogens is 212 g/mol. The van der Waals surface area contributed by atoms with E-state index in [-0.39, 0.29) is 62.0 Å². The monoisotopic (exact) mass is 223 g/mol. The van der Waals surface area contributed by atoms with Crippen LogP contribution in [0.3, 0.4) is 0 Å². The molecule has 0 amide bonds. The quantitative estimate of drug-likeness (QED) is 0.262. The molecule has 0 aromatic heterocycles. The van der Waals surface area contributed by atoms with Gasteiger partial charge in [-0.25, -0.2) is 0 Å². The summed E-state index contributed by atoms with van der Waals surface area (Å²) in [5.41, 5.74) is 0. The molecule has 0 aliphatic carbocycles. The van der Waals surface area contributed by atoms with E-state index in [1.807, 2.05) is 0 Å². The predicted molar refractivity (Wildman–Crippen MR) is 36.2 cm³/mol. The molecule has 0 aromatic carbocycles. The maximum absolute atomic E-state index is 9.52. The van der Waals surface area contributed by atoms with E-state index in [9.17, 15) is 4.57 Å². The molecule has 0 bridgehead atoms. The van der Waals surface area contributed by atoms with Crippen LogP contribution in [0.25, 0.3) is 0 Å². The Morgan fingerprint density at radius 2 is 1.45 bits per heavy atom. The van der Waals surface area contributed by atoms with Gasteiger partial charge in [-0.15, -0.1) is 0 Å². The van der Waals surface area contributed by atoms with E-state index in [1.54, 1.807) is 6.92 Å². The van der Waals surface area contributed by atoms with Crippen LogP contribution in [0, 0.1) is 0 Å². The van der Waals surface area contributed by atoms with Gasteiger partial charge in [0.15, 0.2) is 6.16 Å². The van der Waals surface area contributed by atoms with Crippen molar-refractivity contribution in [1.29, 1.82) is 0 Å². The summed E-state index contributed by atoms with van der Waals surface area (Å²) in [6, 6.07) is 0. The van der Waals surface area contributed by atoms with Gasteiger partial charge in [0, 0.05) is 0 Å². The second kappa shape index (κ2) is 18.2. The van der Waals surface area contributed by atoms with Gasteiger partial charge in [0.25, 0.3) is 0 Å². The van der Waals surface area contributed by atoms with E-state index < -0.39 is 16.6 Å². The van der Waals surface area contributed by atoms with Crippen molar-refractivity contribution >= 4 is 16.6 Å². The fourth-order valence-corrected chi connectivity index (χ4v) is 0. The first-order valence-corrected chi connectivity index (χ1v) is 4.60. The van der Waals surface area contributed by atoms with Crippen LogP contribution in [0.15, 0.2) is 0 Å². The third-order valence-electron chi connectivity index (χ3n) is 0.271. The van der Waals surface area contributed by atoms with Crippen molar-refractivity contribution in [3.05, 3.63) is 0 Å². The third-order valence-corrected chi connectivity index (χ3v) is 0.812. The number of rotatable bonds is 1. The fraction of sp³-hybridized carbons (Fsp3) is 1.00. The molecule has 0 saturated heterocycles. The Bertz CT molecular complexity index is 86.2. The summed E-state index contributed by atoms with van der Waals surface area (Å²) in [5, 5.41) is 0. The summed E-state index contributed by atoms with van der Waals surface area (Å²) >= 11 is 0. The summed E-state index contributed by atoms with van der Waals surface area (Å²) in [6.45, 7) is 1.67. The maximum atomic E-state index is 9.52. The maximum Gasteiger partial charge on any atom is 1.00 e. The van der Waals surface area contributed by atoms with Crippen molar-refractivity contribution in [2.24, 2.45) is 0 Å². The molecule has 0 fully saturated rings. The van der Waals surface area contributed by atoms with Gasteiger partial charge in [0.1, 0.15) is 0 Å². The topological polar surface area (TPSA) is 98.0 Å². The molecule has 0 saturated carbocycles. The Morgan fingerprint density at radius 3 is 1.45 bits per heavy atom. The normalized spacial score (nSPS) is 8.36. The summed E-state index contributed by atoms with van der Waals surface area (Å²) in [4.78, 5) is 29.6. The number of hydrogen-bond donors (Lipinski definition) is 4. The minimum Gasteiger partial charge on any atom is -1.00 e. The average Bonchev–Trinajstić information content (AvgIpc) is 1.65. The van der Waals surface area contributed by atoms with Crippen molar-refractivity contribution < 1.29 is 86.1 Å². The first-order chi connectivity index (χ1) is 4.00. The summed E-state index contributed by atoms with van der Waals surface area (Å²) in [7, 11) is -4.47. The molecule has 0 radical (unpaired) electrons. The smallest absolute Gasteiger partial charge is 1.00 e. The molecule has 1 atom stereocenters. The molecule has 9 heteroatoms. The molecular formula is C2H11Na2O5P2+. The van der Waals surface area contributed by atoms with Gasteiger partial charge < -0.3 is 17.5 Å². The first-order valence-electron chi connectivity index (χ1n) is 2.01. The van der Waals surface area contributed by atoms with Crippen LogP contribution >= 0.6 is 16.6 Å². The van der Waals surface area contributed by atoms with Gasteiger partial charge in [-0.05, 0) is 11.5 Å². The zero-order chi connectivity index (χ0) is 7.86. The molecule has 4 N–H and O–H groups in total. The summed E-state index contributed by atoms with van der Waals surface area (Å²) in [5.74, 6) is 0. The Balaban J connectivity index is -0.0000000146. The van der Waals surface area contributed by atoms with Crippen LogP contribution < -0.4 is 59.1 Å². The molecule has 1 unspecified atom stereocenters. The van der Waals surface area contributed by atoms with Crippen LogP contribution in [0.5, 0.6) is 0 Å². The zero-order valence-corrected chi connectivity index (χ0v) is 12.6. The molecule has 0 heterocycles. The van der Waals surface area contributed by atoms with E-state index in [2.05, 4.69) is 0 Å².